The van der Waals surface area contributed by atoms with Gasteiger partial charge in [-0.25, -0.2) is 9.97 Å². The van der Waals surface area contributed by atoms with Crippen molar-refractivity contribution in [2.75, 3.05) is 13.1 Å². The summed E-state index contributed by atoms with van der Waals surface area (Å²) in [7, 11) is 0. The van der Waals surface area contributed by atoms with Gasteiger partial charge in [-0.1, -0.05) is 5.16 Å². The number of rotatable bonds is 4. The van der Waals surface area contributed by atoms with Crippen molar-refractivity contribution in [3.63, 3.8) is 0 Å². The van der Waals surface area contributed by atoms with Crippen molar-refractivity contribution in [3.05, 3.63) is 53.3 Å². The molecule has 1 amide bonds. The molecule has 0 spiro atoms. The lowest BCUT2D eigenvalue weighted by Crippen LogP contribution is -2.29. The average Bonchev–Trinajstić information content (AvgIpc) is 3.29. The minimum absolute atomic E-state index is 0.0117. The topological polar surface area (TPSA) is 97.9 Å². The Kier molecular flexibility index (Phi) is 4.85. The van der Waals surface area contributed by atoms with Crippen molar-refractivity contribution in [2.24, 2.45) is 5.92 Å². The third-order valence-corrected chi connectivity index (χ3v) is 5.09. The van der Waals surface area contributed by atoms with Crippen LogP contribution in [0.4, 0.5) is 0 Å². The zero-order valence-corrected chi connectivity index (χ0v) is 16.2. The molecule has 8 heteroatoms. The molecule has 0 bridgehead atoms. The highest BCUT2D eigenvalue weighted by atomic mass is 16.5. The molecule has 0 unspecified atom stereocenters. The Bertz CT molecular complexity index is 961. The Morgan fingerprint density at radius 2 is 1.89 bits per heavy atom. The molecule has 144 valence electrons. The number of likely N-dealkylation sites (tertiary alicyclic amines) is 1. The number of amides is 1. The molecule has 0 aromatic carbocycles. The molecule has 0 N–H and O–H groups in total. The van der Waals surface area contributed by atoms with Crippen LogP contribution in [0.1, 0.15) is 39.8 Å². The molecule has 3 aromatic rings. The minimum Gasteiger partial charge on any atom is -0.361 e. The van der Waals surface area contributed by atoms with E-state index in [0.29, 0.717) is 23.9 Å². The number of nitrogens with zero attached hydrogens (tertiary/aromatic N) is 6. The highest BCUT2D eigenvalue weighted by molar-refractivity contribution is 5.93. The van der Waals surface area contributed by atoms with E-state index in [1.807, 2.05) is 18.7 Å². The Hall–Kier alpha value is -3.16. The van der Waals surface area contributed by atoms with E-state index in [0.717, 1.165) is 47.8 Å². The smallest absolute Gasteiger partial charge is 0.256 e. The molecule has 8 nitrogen and oxygen atoms in total. The molecule has 1 aliphatic rings. The molecule has 4 rings (SSSR count). The van der Waals surface area contributed by atoms with Crippen molar-refractivity contribution in [1.82, 2.24) is 30.0 Å². The van der Waals surface area contributed by atoms with E-state index in [4.69, 9.17) is 4.52 Å². The molecule has 1 saturated heterocycles. The third kappa shape index (κ3) is 3.62. The summed E-state index contributed by atoms with van der Waals surface area (Å²) in [6.07, 6.45) is 8.51. The fourth-order valence-electron chi connectivity index (χ4n) is 3.60. The van der Waals surface area contributed by atoms with E-state index in [-0.39, 0.29) is 5.91 Å². The Morgan fingerprint density at radius 3 is 2.54 bits per heavy atom. The van der Waals surface area contributed by atoms with Crippen LogP contribution in [-0.4, -0.2) is 49.0 Å². The van der Waals surface area contributed by atoms with Crippen molar-refractivity contribution >= 4 is 5.91 Å². The fourth-order valence-corrected chi connectivity index (χ4v) is 3.60. The van der Waals surface area contributed by atoms with Crippen molar-refractivity contribution < 1.29 is 9.32 Å². The summed E-state index contributed by atoms with van der Waals surface area (Å²) in [5.74, 6) is 1.76. The summed E-state index contributed by atoms with van der Waals surface area (Å²) in [4.78, 5) is 31.8. The highest BCUT2D eigenvalue weighted by Crippen LogP contribution is 2.25. The molecule has 0 saturated carbocycles. The van der Waals surface area contributed by atoms with Crippen LogP contribution in [0.2, 0.25) is 0 Å². The molecule has 0 aliphatic carbocycles. The first-order chi connectivity index (χ1) is 13.5. The van der Waals surface area contributed by atoms with Gasteiger partial charge >= 0.3 is 0 Å². The maximum absolute atomic E-state index is 12.6. The monoisotopic (exact) mass is 378 g/mol. The van der Waals surface area contributed by atoms with Gasteiger partial charge < -0.3 is 9.42 Å². The zero-order valence-electron chi connectivity index (χ0n) is 16.2. The summed E-state index contributed by atoms with van der Waals surface area (Å²) < 4.78 is 5.20. The van der Waals surface area contributed by atoms with Gasteiger partial charge in [0.2, 0.25) is 0 Å². The predicted octanol–water partition coefficient (Wildman–Crippen LogP) is 2.55. The number of aromatic nitrogens is 5. The van der Waals surface area contributed by atoms with Crippen molar-refractivity contribution in [2.45, 2.75) is 33.6 Å². The summed E-state index contributed by atoms with van der Waals surface area (Å²) in [6.45, 7) is 7.01. The van der Waals surface area contributed by atoms with Gasteiger partial charge in [0.05, 0.1) is 34.4 Å². The van der Waals surface area contributed by atoms with Crippen LogP contribution in [0.25, 0.3) is 11.3 Å². The SMILES string of the molecule is Cc1ncc(C(=O)N2CC[C@H](Cc3cnc(-c4c(C)noc4C)cn3)C2)cn1. The van der Waals surface area contributed by atoms with Gasteiger partial charge in [-0.2, -0.15) is 0 Å². The van der Waals surface area contributed by atoms with Crippen LogP contribution >= 0.6 is 0 Å². The molecule has 4 heterocycles. The van der Waals surface area contributed by atoms with Crippen LogP contribution in [0.3, 0.4) is 0 Å². The summed E-state index contributed by atoms with van der Waals surface area (Å²) >= 11 is 0. The van der Waals surface area contributed by atoms with Gasteiger partial charge in [0.25, 0.3) is 5.91 Å². The van der Waals surface area contributed by atoms with E-state index in [1.54, 1.807) is 31.7 Å². The van der Waals surface area contributed by atoms with Crippen LogP contribution in [0.5, 0.6) is 0 Å². The van der Waals surface area contributed by atoms with Gasteiger partial charge in [0, 0.05) is 31.7 Å². The molecular weight excluding hydrogens is 356 g/mol. The third-order valence-electron chi connectivity index (χ3n) is 5.09. The van der Waals surface area contributed by atoms with E-state index in [1.165, 1.54) is 0 Å². The van der Waals surface area contributed by atoms with E-state index >= 15 is 0 Å². The molecule has 1 aliphatic heterocycles. The molecule has 1 fully saturated rings. The maximum Gasteiger partial charge on any atom is 0.256 e. The van der Waals surface area contributed by atoms with E-state index in [9.17, 15) is 4.79 Å². The predicted molar refractivity (Wildman–Crippen MR) is 101 cm³/mol. The summed E-state index contributed by atoms with van der Waals surface area (Å²) in [5.41, 5.74) is 3.94. The van der Waals surface area contributed by atoms with Crippen LogP contribution in [-0.2, 0) is 6.42 Å². The molecule has 1 atom stereocenters. The Morgan fingerprint density at radius 1 is 1.11 bits per heavy atom. The van der Waals surface area contributed by atoms with Crippen molar-refractivity contribution in [1.29, 1.82) is 0 Å². The van der Waals surface area contributed by atoms with Gasteiger partial charge in [-0.3, -0.25) is 14.8 Å². The largest absolute Gasteiger partial charge is 0.361 e. The second-order valence-electron chi connectivity index (χ2n) is 7.22. The first kappa shape index (κ1) is 18.2. The van der Waals surface area contributed by atoms with E-state index in [2.05, 4.69) is 25.1 Å². The van der Waals surface area contributed by atoms with Crippen molar-refractivity contribution in [3.8, 4) is 11.3 Å². The Balaban J connectivity index is 1.39. The molecule has 28 heavy (non-hydrogen) atoms. The van der Waals surface area contributed by atoms with E-state index < -0.39 is 0 Å². The fraction of sp³-hybridized carbons (Fsp3) is 0.400. The number of carbonyl (C=O) groups excluding carboxylic acids is 1. The number of carbonyl (C=O) groups is 1. The van der Waals surface area contributed by atoms with Crippen LogP contribution in [0.15, 0.2) is 29.3 Å². The number of hydrogen-bond acceptors (Lipinski definition) is 7. The average molecular weight is 378 g/mol. The lowest BCUT2D eigenvalue weighted by Gasteiger charge is -2.16. The minimum atomic E-state index is -0.0117. The molecule has 3 aromatic heterocycles. The van der Waals surface area contributed by atoms with Crippen LogP contribution < -0.4 is 0 Å². The summed E-state index contributed by atoms with van der Waals surface area (Å²) in [5, 5.41) is 3.96. The Labute approximate surface area is 163 Å². The number of hydrogen-bond donors (Lipinski definition) is 0. The number of aryl methyl sites for hydroxylation is 3. The first-order valence-corrected chi connectivity index (χ1v) is 9.33. The molecular formula is C20H22N6O2. The van der Waals surface area contributed by atoms with Gasteiger partial charge in [0.1, 0.15) is 11.6 Å². The molecule has 0 radical (unpaired) electrons. The van der Waals surface area contributed by atoms with Gasteiger partial charge in [0.15, 0.2) is 0 Å². The summed E-state index contributed by atoms with van der Waals surface area (Å²) in [6, 6.07) is 0. The lowest BCUT2D eigenvalue weighted by atomic mass is 10.0. The normalized spacial score (nSPS) is 16.5. The van der Waals surface area contributed by atoms with Gasteiger partial charge in [-0.05, 0) is 39.5 Å². The first-order valence-electron chi connectivity index (χ1n) is 9.33. The lowest BCUT2D eigenvalue weighted by molar-refractivity contribution is 0.0786. The quantitative estimate of drug-likeness (QED) is 0.688. The van der Waals surface area contributed by atoms with Crippen LogP contribution in [0, 0.1) is 26.7 Å². The highest BCUT2D eigenvalue weighted by Gasteiger charge is 2.27. The zero-order chi connectivity index (χ0) is 19.7. The second-order valence-corrected chi connectivity index (χ2v) is 7.22. The van der Waals surface area contributed by atoms with Gasteiger partial charge in [-0.15, -0.1) is 0 Å². The maximum atomic E-state index is 12.6. The standard InChI is InChI=1S/C20H22N6O2/c1-12-19(13(2)28-25-12)18-10-23-17(9-24-18)6-15-4-5-26(11-15)20(27)16-7-21-14(3)22-8-16/h7-10,15H,4-6,11H2,1-3H3/t15-/m1/s1. The second kappa shape index (κ2) is 7.46.